The molecule has 5 heterocycles. The molecule has 0 amide bonds. The molecule has 0 saturated heterocycles. The molecule has 2 aliphatic heterocycles. The highest BCUT2D eigenvalue weighted by atomic mass is 35.5. The van der Waals surface area contributed by atoms with Crippen molar-refractivity contribution >= 4 is 40.5 Å². The molecule has 0 radical (unpaired) electrons. The quantitative estimate of drug-likeness (QED) is 0.146. The predicted octanol–water partition coefficient (Wildman–Crippen LogP) is 4.00. The van der Waals surface area contributed by atoms with Crippen molar-refractivity contribution in [2.45, 2.75) is 38.1 Å². The number of allylic oxidation sites excluding steroid dienone is 1. The van der Waals surface area contributed by atoms with E-state index in [9.17, 15) is 9.59 Å². The van der Waals surface area contributed by atoms with Gasteiger partial charge in [-0.3, -0.25) is 19.1 Å². The van der Waals surface area contributed by atoms with E-state index in [0.29, 0.717) is 77.5 Å². The van der Waals surface area contributed by atoms with Crippen molar-refractivity contribution < 1.29 is 14.3 Å². The van der Waals surface area contributed by atoms with Gasteiger partial charge in [-0.1, -0.05) is 29.3 Å². The zero-order chi connectivity index (χ0) is 29.9. The Labute approximate surface area is 256 Å². The first-order valence-electron chi connectivity index (χ1n) is 13.6. The molecule has 0 bridgehead atoms. The van der Waals surface area contributed by atoms with Crippen LogP contribution in [0.15, 0.2) is 63.9 Å². The highest BCUT2D eigenvalue weighted by Crippen LogP contribution is 2.37. The predicted molar refractivity (Wildman–Crippen MR) is 159 cm³/mol. The normalized spacial score (nSPS) is 16.0. The molecule has 0 spiro atoms. The van der Waals surface area contributed by atoms with Crippen LogP contribution < -0.4 is 5.56 Å². The second-order valence-electron chi connectivity index (χ2n) is 10.1. The van der Waals surface area contributed by atoms with Crippen molar-refractivity contribution in [1.29, 1.82) is 0 Å². The van der Waals surface area contributed by atoms with E-state index in [4.69, 9.17) is 37.7 Å². The van der Waals surface area contributed by atoms with Gasteiger partial charge in [0.25, 0.3) is 5.56 Å². The van der Waals surface area contributed by atoms with E-state index in [1.54, 1.807) is 36.1 Å². The number of carbonyl (C=O) groups is 1. The minimum atomic E-state index is -0.321. The Kier molecular flexibility index (Phi) is 8.41. The summed E-state index contributed by atoms with van der Waals surface area (Å²) < 4.78 is 13.4. The number of carbonyl (C=O) groups excluding carboxylic acids is 1. The summed E-state index contributed by atoms with van der Waals surface area (Å²) in [6, 6.07) is 10.1. The van der Waals surface area contributed by atoms with Crippen LogP contribution in [0.25, 0.3) is 22.5 Å². The monoisotopic (exact) mass is 620 g/mol. The summed E-state index contributed by atoms with van der Waals surface area (Å²) in [4.78, 5) is 39.6. The number of halogens is 2. The van der Waals surface area contributed by atoms with Gasteiger partial charge in [-0.15, -0.1) is 5.10 Å². The van der Waals surface area contributed by atoms with Crippen LogP contribution in [0.1, 0.15) is 42.4 Å². The lowest BCUT2D eigenvalue weighted by atomic mass is 10.0. The van der Waals surface area contributed by atoms with Gasteiger partial charge in [0.05, 0.1) is 36.1 Å². The Morgan fingerprint density at radius 3 is 2.77 bits per heavy atom. The van der Waals surface area contributed by atoms with Gasteiger partial charge < -0.3 is 9.47 Å². The minimum absolute atomic E-state index is 0.123. The summed E-state index contributed by atoms with van der Waals surface area (Å²) >= 11 is 12.9. The van der Waals surface area contributed by atoms with Gasteiger partial charge in [0, 0.05) is 67.1 Å². The molecular weight excluding hydrogens is 595 g/mol. The molecule has 0 aliphatic carbocycles. The maximum absolute atomic E-state index is 13.5. The fourth-order valence-electron chi connectivity index (χ4n) is 5.27. The molecule has 220 valence electrons. The molecular formula is C29H26Cl2N8O4. The topological polar surface area (TPSA) is 139 Å². The minimum Gasteiger partial charge on any atom is -0.465 e. The number of tetrazole rings is 1. The second kappa shape index (κ2) is 12.5. The number of ether oxygens (including phenoxy) is 2. The molecule has 1 aromatic carbocycles. The average Bonchev–Trinajstić information content (AvgIpc) is 3.76. The van der Waals surface area contributed by atoms with Gasteiger partial charge in [0.1, 0.15) is 17.3 Å². The standard InChI is InChI=1S/C29H26Cl2N8O4/c1-42-9-2-10-43-28(41)11-17-3-5-21(32-15-17)20-13-23(35-29(20)31)25-7-8-26-34-22(14-27(40)39(25)26)19-12-18(30)4-6-24(19)38-16-33-36-37-38/h3-6,12,14-16,25H,2,7-11,13H2,1H3/t25-/m0/s1. The maximum Gasteiger partial charge on any atom is 0.310 e. The van der Waals surface area contributed by atoms with Gasteiger partial charge in [-0.25, -0.2) is 9.98 Å². The number of benzene rings is 1. The molecule has 0 fully saturated rings. The number of methoxy groups -OCH3 is 1. The van der Waals surface area contributed by atoms with Gasteiger partial charge in [0.2, 0.25) is 0 Å². The molecule has 3 aromatic heterocycles. The molecule has 2 aliphatic rings. The van der Waals surface area contributed by atoms with Crippen LogP contribution in [0.2, 0.25) is 5.02 Å². The number of hydrogen-bond acceptors (Lipinski definition) is 10. The maximum atomic E-state index is 13.5. The summed E-state index contributed by atoms with van der Waals surface area (Å²) in [7, 11) is 1.60. The van der Waals surface area contributed by atoms with Gasteiger partial charge in [-0.05, 0) is 46.7 Å². The number of aryl methyl sites for hydroxylation is 1. The zero-order valence-corrected chi connectivity index (χ0v) is 24.6. The third-order valence-corrected chi connectivity index (χ3v) is 7.83. The fourth-order valence-corrected chi connectivity index (χ4v) is 5.72. The number of aromatic nitrogens is 7. The van der Waals surface area contributed by atoms with E-state index in [1.165, 1.54) is 17.1 Å². The van der Waals surface area contributed by atoms with E-state index in [1.807, 2.05) is 12.1 Å². The van der Waals surface area contributed by atoms with Crippen LogP contribution in [0.3, 0.4) is 0 Å². The molecule has 43 heavy (non-hydrogen) atoms. The Morgan fingerprint density at radius 1 is 1.12 bits per heavy atom. The Morgan fingerprint density at radius 2 is 2.00 bits per heavy atom. The summed E-state index contributed by atoms with van der Waals surface area (Å²) in [6.45, 7) is 0.849. The molecule has 14 heteroatoms. The zero-order valence-electron chi connectivity index (χ0n) is 23.1. The van der Waals surface area contributed by atoms with Crippen LogP contribution in [0.5, 0.6) is 0 Å². The first-order chi connectivity index (χ1) is 20.9. The molecule has 1 atom stereocenters. The Balaban J connectivity index is 1.17. The smallest absolute Gasteiger partial charge is 0.310 e. The van der Waals surface area contributed by atoms with E-state index in [0.717, 1.165) is 16.8 Å². The van der Waals surface area contributed by atoms with Crippen molar-refractivity contribution in [2.75, 3.05) is 20.3 Å². The second-order valence-corrected chi connectivity index (χ2v) is 10.9. The fraction of sp³-hybridized carbons (Fsp3) is 0.310. The van der Waals surface area contributed by atoms with Crippen molar-refractivity contribution in [1.82, 2.24) is 34.7 Å². The molecule has 12 nitrogen and oxygen atoms in total. The molecule has 6 rings (SSSR count). The van der Waals surface area contributed by atoms with E-state index >= 15 is 0 Å². The molecule has 0 saturated carbocycles. The van der Waals surface area contributed by atoms with Crippen LogP contribution in [0, 0.1) is 0 Å². The lowest BCUT2D eigenvalue weighted by molar-refractivity contribution is -0.143. The molecule has 0 N–H and O–H groups in total. The number of nitrogens with zero attached hydrogens (tertiary/aromatic N) is 8. The van der Waals surface area contributed by atoms with Crippen molar-refractivity contribution in [3.8, 4) is 16.9 Å². The Bertz CT molecular complexity index is 1790. The highest BCUT2D eigenvalue weighted by molar-refractivity contribution is 6.35. The largest absolute Gasteiger partial charge is 0.465 e. The van der Waals surface area contributed by atoms with Crippen molar-refractivity contribution in [3.05, 3.63) is 86.5 Å². The van der Waals surface area contributed by atoms with Gasteiger partial charge in [0.15, 0.2) is 0 Å². The van der Waals surface area contributed by atoms with E-state index < -0.39 is 0 Å². The number of hydrogen-bond donors (Lipinski definition) is 0. The summed E-state index contributed by atoms with van der Waals surface area (Å²) in [5.74, 6) is 0.331. The van der Waals surface area contributed by atoms with Gasteiger partial charge >= 0.3 is 5.97 Å². The third kappa shape index (κ3) is 6.12. The SMILES string of the molecule is COCCCOC(=O)Cc1ccc(C2=C(Cl)N=C([C@@H]3CCc4nc(-c5cc(Cl)ccc5-n5cnnn5)cc(=O)n43)C2)nc1. The number of esters is 1. The van der Waals surface area contributed by atoms with Crippen LogP contribution >= 0.6 is 23.2 Å². The third-order valence-electron chi connectivity index (χ3n) is 7.28. The van der Waals surface area contributed by atoms with Crippen LogP contribution in [-0.4, -0.2) is 66.7 Å². The van der Waals surface area contributed by atoms with Crippen molar-refractivity contribution in [3.63, 3.8) is 0 Å². The lowest BCUT2D eigenvalue weighted by Crippen LogP contribution is -2.28. The summed E-state index contributed by atoms with van der Waals surface area (Å²) in [5, 5.41) is 12.2. The van der Waals surface area contributed by atoms with Gasteiger partial charge in [-0.2, -0.15) is 4.68 Å². The summed E-state index contributed by atoms with van der Waals surface area (Å²) in [6.07, 6.45) is 5.58. The van der Waals surface area contributed by atoms with Crippen LogP contribution in [0.4, 0.5) is 0 Å². The number of rotatable bonds is 10. The molecule has 0 unspecified atom stereocenters. The highest BCUT2D eigenvalue weighted by Gasteiger charge is 2.33. The van der Waals surface area contributed by atoms with E-state index in [2.05, 4.69) is 25.5 Å². The summed E-state index contributed by atoms with van der Waals surface area (Å²) in [5.41, 5.74) is 4.52. The first-order valence-corrected chi connectivity index (χ1v) is 14.4. The number of fused-ring (bicyclic) bond motifs is 1. The number of aliphatic imine (C=N–C) groups is 1. The first kappa shape index (κ1) is 28.8. The van der Waals surface area contributed by atoms with Crippen molar-refractivity contribution in [2.24, 2.45) is 4.99 Å². The van der Waals surface area contributed by atoms with E-state index in [-0.39, 0.29) is 24.0 Å². The lowest BCUT2D eigenvalue weighted by Gasteiger charge is -2.16. The molecule has 4 aromatic rings. The Hall–Kier alpha value is -4.26. The van der Waals surface area contributed by atoms with Crippen LogP contribution in [-0.2, 0) is 27.1 Å². The average molecular weight is 621 g/mol. The number of pyridine rings is 1.